The van der Waals surface area contributed by atoms with Gasteiger partial charge in [0.2, 0.25) is 21.8 Å². The fourth-order valence-corrected chi connectivity index (χ4v) is 4.85. The maximum absolute atomic E-state index is 13.6. The topological polar surface area (TPSA) is 86.8 Å². The molecule has 0 fully saturated rings. The first-order valence-corrected chi connectivity index (χ1v) is 14.5. The lowest BCUT2D eigenvalue weighted by Crippen LogP contribution is -2.53. The van der Waals surface area contributed by atoms with Crippen LogP contribution in [-0.4, -0.2) is 50.0 Å². The van der Waals surface area contributed by atoms with Gasteiger partial charge in [-0.25, -0.2) is 8.42 Å². The van der Waals surface area contributed by atoms with Gasteiger partial charge in [-0.05, 0) is 61.7 Å². The molecule has 0 heterocycles. The van der Waals surface area contributed by atoms with Crippen LogP contribution < -0.4 is 9.62 Å². The molecule has 0 saturated carbocycles. The summed E-state index contributed by atoms with van der Waals surface area (Å²) in [5, 5.41) is 3.62. The highest BCUT2D eigenvalue weighted by Crippen LogP contribution is 2.25. The first-order chi connectivity index (χ1) is 16.4. The third-order valence-corrected chi connectivity index (χ3v) is 7.93. The van der Waals surface area contributed by atoms with Crippen molar-refractivity contribution in [1.82, 2.24) is 10.2 Å². The minimum atomic E-state index is -3.79. The van der Waals surface area contributed by atoms with E-state index in [1.807, 2.05) is 13.8 Å². The molecule has 11 heteroatoms. The Morgan fingerprint density at radius 3 is 2.17 bits per heavy atom. The van der Waals surface area contributed by atoms with Gasteiger partial charge in [-0.1, -0.05) is 59.0 Å². The molecule has 0 unspecified atom stereocenters. The Morgan fingerprint density at radius 2 is 1.66 bits per heavy atom. The summed E-state index contributed by atoms with van der Waals surface area (Å²) in [6, 6.07) is 10.7. The van der Waals surface area contributed by atoms with Crippen molar-refractivity contribution in [3.8, 4) is 0 Å². The molecule has 2 amide bonds. The molecule has 0 aromatic heterocycles. The van der Waals surface area contributed by atoms with Gasteiger partial charge in [0.05, 0.1) is 22.0 Å². The monoisotopic (exact) mass is 605 g/mol. The number of amides is 2. The summed E-state index contributed by atoms with van der Waals surface area (Å²) in [5.41, 5.74) is 1.01. The van der Waals surface area contributed by atoms with Crippen molar-refractivity contribution in [2.75, 3.05) is 17.1 Å². The number of nitrogens with one attached hydrogen (secondary N) is 1. The summed E-state index contributed by atoms with van der Waals surface area (Å²) in [7, 11) is -3.79. The number of benzene rings is 2. The van der Waals surface area contributed by atoms with E-state index in [1.165, 1.54) is 4.90 Å². The maximum Gasteiger partial charge on any atom is 0.244 e. The van der Waals surface area contributed by atoms with Gasteiger partial charge in [-0.15, -0.1) is 0 Å². The second-order valence-corrected chi connectivity index (χ2v) is 11.9. The van der Waals surface area contributed by atoms with Crippen LogP contribution in [0.1, 0.15) is 39.2 Å². The third kappa shape index (κ3) is 8.37. The van der Waals surface area contributed by atoms with Gasteiger partial charge in [0.15, 0.2) is 0 Å². The van der Waals surface area contributed by atoms with Gasteiger partial charge < -0.3 is 10.2 Å². The number of anilines is 1. The molecule has 2 rings (SSSR count). The van der Waals surface area contributed by atoms with Crippen LogP contribution in [-0.2, 0) is 26.2 Å². The van der Waals surface area contributed by atoms with Gasteiger partial charge in [0, 0.05) is 17.1 Å². The van der Waals surface area contributed by atoms with E-state index in [2.05, 4.69) is 21.2 Å². The first kappa shape index (κ1) is 29.4. The van der Waals surface area contributed by atoms with E-state index in [-0.39, 0.29) is 18.5 Å². The normalized spacial score (nSPS) is 13.1. The summed E-state index contributed by atoms with van der Waals surface area (Å²) >= 11 is 15.5. The summed E-state index contributed by atoms with van der Waals surface area (Å²) in [5.74, 6) is -0.819. The molecule has 2 aromatic rings. The van der Waals surface area contributed by atoms with E-state index in [9.17, 15) is 18.0 Å². The molecule has 0 aliphatic carbocycles. The zero-order valence-electron chi connectivity index (χ0n) is 20.1. The molecule has 0 bridgehead atoms. The Kier molecular flexibility index (Phi) is 10.9. The fourth-order valence-electron chi connectivity index (χ4n) is 3.42. The average molecular weight is 607 g/mol. The van der Waals surface area contributed by atoms with Crippen LogP contribution in [0.5, 0.6) is 0 Å². The predicted octanol–water partition coefficient (Wildman–Crippen LogP) is 5.24. The minimum Gasteiger partial charge on any atom is -0.352 e. The van der Waals surface area contributed by atoms with Crippen molar-refractivity contribution in [2.45, 2.75) is 52.2 Å². The van der Waals surface area contributed by atoms with Crippen LogP contribution in [0.4, 0.5) is 5.69 Å². The zero-order chi connectivity index (χ0) is 26.3. The van der Waals surface area contributed by atoms with E-state index in [0.29, 0.717) is 27.7 Å². The molecule has 0 spiro atoms. The van der Waals surface area contributed by atoms with Crippen molar-refractivity contribution in [3.63, 3.8) is 0 Å². The number of sulfonamides is 1. The smallest absolute Gasteiger partial charge is 0.244 e. The second-order valence-electron chi connectivity index (χ2n) is 8.26. The number of carbonyl (C=O) groups is 2. The van der Waals surface area contributed by atoms with Crippen LogP contribution >= 0.6 is 39.1 Å². The van der Waals surface area contributed by atoms with Crippen molar-refractivity contribution >= 4 is 66.7 Å². The van der Waals surface area contributed by atoms with Crippen LogP contribution in [0, 0.1) is 0 Å². The first-order valence-electron chi connectivity index (χ1n) is 11.1. The average Bonchev–Trinajstić information content (AvgIpc) is 2.79. The fraction of sp³-hybridized carbons (Fsp3) is 0.417. The van der Waals surface area contributed by atoms with Gasteiger partial charge in [-0.2, -0.15) is 0 Å². The summed E-state index contributed by atoms with van der Waals surface area (Å²) in [6.07, 6.45) is 2.11. The number of carbonyl (C=O) groups excluding carboxylic acids is 2. The van der Waals surface area contributed by atoms with Crippen molar-refractivity contribution in [3.05, 3.63) is 62.5 Å². The Hall–Kier alpha value is -1.81. The summed E-state index contributed by atoms with van der Waals surface area (Å²) in [6.45, 7) is 5.23. The largest absolute Gasteiger partial charge is 0.352 e. The Bertz CT molecular complexity index is 1150. The molecule has 35 heavy (non-hydrogen) atoms. The number of hydrogen-bond donors (Lipinski definition) is 1. The van der Waals surface area contributed by atoms with E-state index < -0.39 is 28.5 Å². The van der Waals surface area contributed by atoms with Gasteiger partial charge in [-0.3, -0.25) is 13.9 Å². The molecule has 1 N–H and O–H groups in total. The van der Waals surface area contributed by atoms with E-state index >= 15 is 0 Å². The molecule has 192 valence electrons. The van der Waals surface area contributed by atoms with Crippen LogP contribution in [0.15, 0.2) is 46.9 Å². The van der Waals surface area contributed by atoms with E-state index in [4.69, 9.17) is 23.2 Å². The van der Waals surface area contributed by atoms with E-state index in [0.717, 1.165) is 21.5 Å². The molecular weight excluding hydrogens is 577 g/mol. The number of nitrogens with zero attached hydrogens (tertiary/aromatic N) is 2. The lowest BCUT2D eigenvalue weighted by Gasteiger charge is -2.33. The van der Waals surface area contributed by atoms with Gasteiger partial charge in [0.25, 0.3) is 0 Å². The summed E-state index contributed by atoms with van der Waals surface area (Å²) < 4.78 is 27.0. The Balaban J connectivity index is 2.45. The maximum atomic E-state index is 13.6. The van der Waals surface area contributed by atoms with Crippen molar-refractivity contribution < 1.29 is 18.0 Å². The standard InChI is InChI=1S/C24H30BrCl2N3O4S/c1-5-16(3)28-24(32)22(6-2)29(14-17-7-12-20(26)21(27)13-17)23(31)15-30(35(4,33)34)19-10-8-18(25)9-11-19/h7-13,16,22H,5-6,14-15H2,1-4H3,(H,28,32)/t16-,22-/m1/s1. The molecule has 0 radical (unpaired) electrons. The molecule has 2 atom stereocenters. The summed E-state index contributed by atoms with van der Waals surface area (Å²) in [4.78, 5) is 28.1. The van der Waals surface area contributed by atoms with Crippen LogP contribution in [0.2, 0.25) is 10.0 Å². The Labute approximate surface area is 225 Å². The molecule has 0 saturated heterocycles. The lowest BCUT2D eigenvalue weighted by molar-refractivity contribution is -0.140. The molecular formula is C24H30BrCl2N3O4S. The number of rotatable bonds is 11. The van der Waals surface area contributed by atoms with Gasteiger partial charge >= 0.3 is 0 Å². The highest BCUT2D eigenvalue weighted by molar-refractivity contribution is 9.10. The molecule has 2 aromatic carbocycles. The molecule has 7 nitrogen and oxygen atoms in total. The van der Waals surface area contributed by atoms with Crippen LogP contribution in [0.25, 0.3) is 0 Å². The predicted molar refractivity (Wildman–Crippen MR) is 145 cm³/mol. The Morgan fingerprint density at radius 1 is 1.03 bits per heavy atom. The minimum absolute atomic E-state index is 0.0556. The van der Waals surface area contributed by atoms with Crippen molar-refractivity contribution in [1.29, 1.82) is 0 Å². The zero-order valence-corrected chi connectivity index (χ0v) is 24.0. The highest BCUT2D eigenvalue weighted by Gasteiger charge is 2.32. The van der Waals surface area contributed by atoms with E-state index in [1.54, 1.807) is 49.4 Å². The van der Waals surface area contributed by atoms with Gasteiger partial charge in [0.1, 0.15) is 12.6 Å². The van der Waals surface area contributed by atoms with Crippen LogP contribution in [0.3, 0.4) is 0 Å². The highest BCUT2D eigenvalue weighted by atomic mass is 79.9. The number of hydrogen-bond acceptors (Lipinski definition) is 4. The quantitative estimate of drug-likeness (QED) is 0.379. The third-order valence-electron chi connectivity index (χ3n) is 5.52. The molecule has 0 aliphatic rings. The SMILES string of the molecule is CC[C@@H](C)NC(=O)[C@@H](CC)N(Cc1ccc(Cl)c(Cl)c1)C(=O)CN(c1ccc(Br)cc1)S(C)(=O)=O. The molecule has 0 aliphatic heterocycles. The lowest BCUT2D eigenvalue weighted by atomic mass is 10.1. The second kappa shape index (κ2) is 12.9. The number of halogens is 3. The van der Waals surface area contributed by atoms with Crippen molar-refractivity contribution in [2.24, 2.45) is 0 Å².